The minimum atomic E-state index is -0.553. The highest BCUT2D eigenvalue weighted by Crippen LogP contribution is 2.16. The Morgan fingerprint density at radius 3 is 2.55 bits per heavy atom. The summed E-state index contributed by atoms with van der Waals surface area (Å²) >= 11 is 0. The highest BCUT2D eigenvalue weighted by atomic mass is 16.5. The van der Waals surface area contributed by atoms with Gasteiger partial charge in [-0.2, -0.15) is 5.10 Å². The first-order chi connectivity index (χ1) is 15.0. The summed E-state index contributed by atoms with van der Waals surface area (Å²) in [5.74, 6) is -0.593. The molecule has 0 fully saturated rings. The second-order valence-corrected chi connectivity index (χ2v) is 6.54. The first-order valence-corrected chi connectivity index (χ1v) is 9.47. The smallest absolute Gasteiger partial charge is 0.337 e. The third-order valence-electron chi connectivity index (χ3n) is 4.17. The van der Waals surface area contributed by atoms with E-state index in [0.717, 1.165) is 0 Å². The number of esters is 1. The Bertz CT molecular complexity index is 1040. The van der Waals surface area contributed by atoms with Crippen molar-refractivity contribution < 1.29 is 23.9 Å². The Balaban J connectivity index is 1.62. The van der Waals surface area contributed by atoms with Crippen molar-refractivity contribution in [1.29, 1.82) is 0 Å². The summed E-state index contributed by atoms with van der Waals surface area (Å²) in [5, 5.41) is 9.44. The van der Waals surface area contributed by atoms with Crippen LogP contribution in [-0.2, 0) is 27.4 Å². The summed E-state index contributed by atoms with van der Waals surface area (Å²) in [6, 6.07) is 15.5. The Labute approximate surface area is 179 Å². The summed E-state index contributed by atoms with van der Waals surface area (Å²) in [5.41, 5.74) is 1.28. The molecule has 2 N–H and O–H groups in total. The van der Waals surface area contributed by atoms with Crippen LogP contribution in [0.25, 0.3) is 0 Å². The normalized spacial score (nSPS) is 10.2. The second kappa shape index (κ2) is 10.6. The molecular formula is C22H22N4O5. The Hall–Kier alpha value is -4.14. The maximum absolute atomic E-state index is 12.3. The predicted molar refractivity (Wildman–Crippen MR) is 112 cm³/mol. The van der Waals surface area contributed by atoms with Crippen molar-refractivity contribution in [3.05, 3.63) is 78.1 Å². The lowest BCUT2D eigenvalue weighted by molar-refractivity contribution is -0.123. The predicted octanol–water partition coefficient (Wildman–Crippen LogP) is 2.00. The highest BCUT2D eigenvalue weighted by molar-refractivity contribution is 5.94. The van der Waals surface area contributed by atoms with Gasteiger partial charge in [-0.05, 0) is 42.0 Å². The second-order valence-electron chi connectivity index (χ2n) is 6.54. The van der Waals surface area contributed by atoms with Gasteiger partial charge in [0.15, 0.2) is 6.61 Å². The number of benzene rings is 2. The Kier molecular flexibility index (Phi) is 7.36. The lowest BCUT2D eigenvalue weighted by Crippen LogP contribution is -2.28. The maximum atomic E-state index is 12.3. The zero-order valence-electron chi connectivity index (χ0n) is 16.9. The molecule has 2 amide bonds. The molecule has 1 aromatic heterocycles. The van der Waals surface area contributed by atoms with Gasteiger partial charge in [-0.25, -0.2) is 4.79 Å². The summed E-state index contributed by atoms with van der Waals surface area (Å²) in [4.78, 5) is 36.4. The number of rotatable bonds is 9. The highest BCUT2D eigenvalue weighted by Gasteiger charge is 2.12. The molecule has 3 aromatic rings. The molecule has 1 heterocycles. The maximum Gasteiger partial charge on any atom is 0.337 e. The van der Waals surface area contributed by atoms with E-state index in [4.69, 9.17) is 9.47 Å². The number of amides is 2. The number of hydrogen-bond donors (Lipinski definition) is 2. The van der Waals surface area contributed by atoms with Crippen LogP contribution in [0.4, 0.5) is 5.69 Å². The zero-order chi connectivity index (χ0) is 22.1. The number of hydrogen-bond acceptors (Lipinski definition) is 6. The Morgan fingerprint density at radius 1 is 1.03 bits per heavy atom. The quantitative estimate of drug-likeness (QED) is 0.510. The van der Waals surface area contributed by atoms with Crippen LogP contribution in [0.3, 0.4) is 0 Å². The van der Waals surface area contributed by atoms with Crippen LogP contribution in [0.5, 0.6) is 5.75 Å². The molecule has 31 heavy (non-hydrogen) atoms. The average Bonchev–Trinajstić information content (AvgIpc) is 3.29. The fraction of sp³-hybridized carbons (Fsp3) is 0.182. The molecule has 9 heteroatoms. The van der Waals surface area contributed by atoms with E-state index >= 15 is 0 Å². The van der Waals surface area contributed by atoms with E-state index in [0.29, 0.717) is 17.0 Å². The number of ether oxygens (including phenoxy) is 2. The molecule has 0 atom stereocenters. The summed E-state index contributed by atoms with van der Waals surface area (Å²) < 4.78 is 11.7. The SMILES string of the molecule is COC(=O)c1cc(CNC(=O)COc2ccccc2)cc(NC(=O)Cn2cccn2)c1. The Morgan fingerprint density at radius 2 is 1.84 bits per heavy atom. The molecule has 0 saturated carbocycles. The van der Waals surface area contributed by atoms with Gasteiger partial charge >= 0.3 is 5.97 Å². The summed E-state index contributed by atoms with van der Waals surface area (Å²) in [6.45, 7) is 0.0242. The number of aromatic nitrogens is 2. The van der Waals surface area contributed by atoms with Crippen LogP contribution >= 0.6 is 0 Å². The van der Waals surface area contributed by atoms with E-state index in [1.165, 1.54) is 17.9 Å². The van der Waals surface area contributed by atoms with Crippen LogP contribution < -0.4 is 15.4 Å². The van der Waals surface area contributed by atoms with E-state index in [1.807, 2.05) is 18.2 Å². The first-order valence-electron chi connectivity index (χ1n) is 9.47. The number of carbonyl (C=O) groups is 3. The van der Waals surface area contributed by atoms with E-state index in [9.17, 15) is 14.4 Å². The van der Waals surface area contributed by atoms with Crippen molar-refractivity contribution in [1.82, 2.24) is 15.1 Å². The number of nitrogens with one attached hydrogen (secondary N) is 2. The topological polar surface area (TPSA) is 112 Å². The first kappa shape index (κ1) is 21.6. The molecule has 3 rings (SSSR count). The molecule has 160 valence electrons. The fourth-order valence-corrected chi connectivity index (χ4v) is 2.76. The monoisotopic (exact) mass is 422 g/mol. The lowest BCUT2D eigenvalue weighted by Gasteiger charge is -2.12. The molecule has 0 radical (unpaired) electrons. The minimum absolute atomic E-state index is 0.0261. The number of nitrogens with zero attached hydrogens (tertiary/aromatic N) is 2. The van der Waals surface area contributed by atoms with Gasteiger partial charge in [0.2, 0.25) is 5.91 Å². The van der Waals surface area contributed by atoms with Gasteiger partial charge in [-0.3, -0.25) is 14.3 Å². The molecule has 0 aliphatic heterocycles. The lowest BCUT2D eigenvalue weighted by atomic mass is 10.1. The van der Waals surface area contributed by atoms with Gasteiger partial charge in [-0.15, -0.1) is 0 Å². The number of methoxy groups -OCH3 is 1. The van der Waals surface area contributed by atoms with Crippen molar-refractivity contribution in [2.75, 3.05) is 19.0 Å². The number of anilines is 1. The van der Waals surface area contributed by atoms with Crippen LogP contribution in [-0.4, -0.2) is 41.3 Å². The van der Waals surface area contributed by atoms with Gasteiger partial charge in [-0.1, -0.05) is 18.2 Å². The standard InChI is InChI=1S/C22H22N4O5/c1-30-22(29)17-10-16(13-23-21(28)15-31-19-6-3-2-4-7-19)11-18(12-17)25-20(27)14-26-9-5-8-24-26/h2-12H,13-15H2,1H3,(H,23,28)(H,25,27). The largest absolute Gasteiger partial charge is 0.484 e. The molecule has 0 aliphatic carbocycles. The van der Waals surface area contributed by atoms with Gasteiger partial charge in [0.05, 0.1) is 12.7 Å². The van der Waals surface area contributed by atoms with Gasteiger partial charge in [0.25, 0.3) is 5.91 Å². The average molecular weight is 422 g/mol. The van der Waals surface area contributed by atoms with Gasteiger partial charge < -0.3 is 20.1 Å². The van der Waals surface area contributed by atoms with E-state index in [1.54, 1.807) is 42.7 Å². The van der Waals surface area contributed by atoms with Crippen molar-refractivity contribution >= 4 is 23.5 Å². The van der Waals surface area contributed by atoms with Gasteiger partial charge in [0, 0.05) is 24.6 Å². The van der Waals surface area contributed by atoms with Crippen molar-refractivity contribution in [3.8, 4) is 5.75 Å². The molecular weight excluding hydrogens is 400 g/mol. The molecule has 0 unspecified atom stereocenters. The number of carbonyl (C=O) groups excluding carboxylic acids is 3. The minimum Gasteiger partial charge on any atom is -0.484 e. The third kappa shape index (κ3) is 6.70. The molecule has 0 aliphatic rings. The van der Waals surface area contributed by atoms with Crippen LogP contribution in [0.15, 0.2) is 67.0 Å². The van der Waals surface area contributed by atoms with Crippen molar-refractivity contribution in [3.63, 3.8) is 0 Å². The van der Waals surface area contributed by atoms with Crippen molar-refractivity contribution in [2.45, 2.75) is 13.1 Å². The van der Waals surface area contributed by atoms with E-state index in [-0.39, 0.29) is 37.1 Å². The van der Waals surface area contributed by atoms with E-state index in [2.05, 4.69) is 15.7 Å². The summed E-state index contributed by atoms with van der Waals surface area (Å²) in [7, 11) is 1.27. The molecule has 0 saturated heterocycles. The van der Waals surface area contributed by atoms with Crippen LogP contribution in [0, 0.1) is 0 Å². The fourth-order valence-electron chi connectivity index (χ4n) is 2.76. The molecule has 2 aromatic carbocycles. The van der Waals surface area contributed by atoms with Gasteiger partial charge in [0.1, 0.15) is 12.3 Å². The summed E-state index contributed by atoms with van der Waals surface area (Å²) in [6.07, 6.45) is 3.25. The molecule has 0 spiro atoms. The van der Waals surface area contributed by atoms with E-state index < -0.39 is 5.97 Å². The van der Waals surface area contributed by atoms with Crippen molar-refractivity contribution in [2.24, 2.45) is 0 Å². The zero-order valence-corrected chi connectivity index (χ0v) is 16.9. The van der Waals surface area contributed by atoms with Crippen LogP contribution in [0.1, 0.15) is 15.9 Å². The molecule has 9 nitrogen and oxygen atoms in total. The molecule has 0 bridgehead atoms. The number of para-hydroxylation sites is 1. The van der Waals surface area contributed by atoms with Crippen LogP contribution in [0.2, 0.25) is 0 Å². The third-order valence-corrected chi connectivity index (χ3v) is 4.17.